The van der Waals surface area contributed by atoms with Gasteiger partial charge in [0, 0.05) is 44.4 Å². The first-order valence-corrected chi connectivity index (χ1v) is 11.1. The Morgan fingerprint density at radius 3 is 2.66 bits per heavy atom. The number of carbonyl (C=O) groups is 1. The van der Waals surface area contributed by atoms with E-state index in [4.69, 9.17) is 9.47 Å². The van der Waals surface area contributed by atoms with Gasteiger partial charge in [-0.3, -0.25) is 9.69 Å². The van der Waals surface area contributed by atoms with Gasteiger partial charge in [-0.1, -0.05) is 30.3 Å². The van der Waals surface area contributed by atoms with Crippen molar-refractivity contribution in [3.05, 3.63) is 66.4 Å². The fraction of sp³-hybridized carbons (Fsp3) is 0.400. The summed E-state index contributed by atoms with van der Waals surface area (Å²) in [6, 6.07) is 18.0. The molecule has 0 saturated carbocycles. The molecule has 1 aliphatic rings. The molecule has 0 spiro atoms. The number of nitrogens with zero attached hydrogens (tertiary/aromatic N) is 3. The fourth-order valence-electron chi connectivity index (χ4n) is 4.06. The number of amides is 1. The van der Waals surface area contributed by atoms with Gasteiger partial charge in [0.1, 0.15) is 5.75 Å². The molecule has 0 aliphatic carbocycles. The van der Waals surface area contributed by atoms with Crippen molar-refractivity contribution in [1.82, 2.24) is 14.4 Å². The molecule has 1 unspecified atom stereocenters. The predicted molar refractivity (Wildman–Crippen MR) is 124 cm³/mol. The number of benzene rings is 2. The number of fused-ring (bicyclic) bond motifs is 1. The minimum Gasteiger partial charge on any atom is -0.484 e. The standard InChI is InChI=1S/C25H31N3O4/c1-26(17-22(29)18-28-11-10-21-4-2-3-5-24(21)28)16-20-6-8-23(9-7-20)32-19-25(30)27-12-14-31-15-13-27/h2-11,22,29H,12-19H2,1H3. The summed E-state index contributed by atoms with van der Waals surface area (Å²) in [5.74, 6) is 0.666. The molecule has 0 radical (unpaired) electrons. The number of likely N-dealkylation sites (N-methyl/N-ethyl adjacent to an activating group) is 1. The molecule has 7 heteroatoms. The second kappa shape index (κ2) is 10.6. The van der Waals surface area contributed by atoms with Crippen molar-refractivity contribution in [1.29, 1.82) is 0 Å². The highest BCUT2D eigenvalue weighted by Crippen LogP contribution is 2.17. The van der Waals surface area contributed by atoms with Gasteiger partial charge >= 0.3 is 0 Å². The number of para-hydroxylation sites is 1. The van der Waals surface area contributed by atoms with Crippen molar-refractivity contribution >= 4 is 16.8 Å². The number of hydrogen-bond acceptors (Lipinski definition) is 5. The molecule has 1 atom stereocenters. The molecular weight excluding hydrogens is 406 g/mol. The minimum absolute atomic E-state index is 0.0124. The van der Waals surface area contributed by atoms with E-state index in [0.717, 1.165) is 17.6 Å². The van der Waals surface area contributed by atoms with Crippen molar-refractivity contribution in [2.75, 3.05) is 46.5 Å². The zero-order valence-corrected chi connectivity index (χ0v) is 18.5. The van der Waals surface area contributed by atoms with E-state index in [1.807, 2.05) is 49.6 Å². The van der Waals surface area contributed by atoms with Crippen LogP contribution in [0.4, 0.5) is 0 Å². The molecule has 4 rings (SSSR count). The summed E-state index contributed by atoms with van der Waals surface area (Å²) >= 11 is 0. The first kappa shape index (κ1) is 22.3. The smallest absolute Gasteiger partial charge is 0.260 e. The Labute approximate surface area is 188 Å². The Morgan fingerprint density at radius 2 is 1.88 bits per heavy atom. The number of carbonyl (C=O) groups excluding carboxylic acids is 1. The summed E-state index contributed by atoms with van der Waals surface area (Å²) in [5, 5.41) is 11.8. The van der Waals surface area contributed by atoms with Gasteiger partial charge in [0.15, 0.2) is 6.61 Å². The Bertz CT molecular complexity index is 1010. The molecular formula is C25H31N3O4. The van der Waals surface area contributed by atoms with Crippen LogP contribution < -0.4 is 4.74 Å². The summed E-state index contributed by atoms with van der Waals surface area (Å²) in [4.78, 5) is 16.1. The monoisotopic (exact) mass is 437 g/mol. The molecule has 32 heavy (non-hydrogen) atoms. The Hall–Kier alpha value is -2.87. The zero-order chi connectivity index (χ0) is 22.3. The fourth-order valence-corrected chi connectivity index (χ4v) is 4.06. The van der Waals surface area contributed by atoms with Crippen LogP contribution in [-0.4, -0.2) is 78.0 Å². The lowest BCUT2D eigenvalue weighted by Gasteiger charge is -2.26. The Kier molecular flexibility index (Phi) is 7.42. The molecule has 1 aliphatic heterocycles. The van der Waals surface area contributed by atoms with Crippen LogP contribution in [0.2, 0.25) is 0 Å². The van der Waals surface area contributed by atoms with E-state index in [-0.39, 0.29) is 12.5 Å². The van der Waals surface area contributed by atoms with Crippen LogP contribution in [0.3, 0.4) is 0 Å². The predicted octanol–water partition coefficient (Wildman–Crippen LogP) is 2.37. The van der Waals surface area contributed by atoms with E-state index < -0.39 is 6.10 Å². The van der Waals surface area contributed by atoms with Crippen LogP contribution in [0.5, 0.6) is 5.75 Å². The maximum Gasteiger partial charge on any atom is 0.260 e. The van der Waals surface area contributed by atoms with E-state index >= 15 is 0 Å². The molecule has 7 nitrogen and oxygen atoms in total. The lowest BCUT2D eigenvalue weighted by Crippen LogP contribution is -2.42. The molecule has 2 aromatic carbocycles. The largest absolute Gasteiger partial charge is 0.484 e. The number of hydrogen-bond donors (Lipinski definition) is 1. The highest BCUT2D eigenvalue weighted by Gasteiger charge is 2.17. The van der Waals surface area contributed by atoms with E-state index in [1.165, 1.54) is 5.39 Å². The highest BCUT2D eigenvalue weighted by molar-refractivity contribution is 5.80. The van der Waals surface area contributed by atoms with E-state index in [9.17, 15) is 9.90 Å². The number of aliphatic hydroxyl groups is 1. The summed E-state index contributed by atoms with van der Waals surface area (Å²) in [6.45, 7) is 4.31. The first-order valence-electron chi connectivity index (χ1n) is 11.1. The van der Waals surface area contributed by atoms with Crippen molar-refractivity contribution in [2.24, 2.45) is 0 Å². The normalized spacial score (nSPS) is 15.3. The van der Waals surface area contributed by atoms with E-state index in [1.54, 1.807) is 4.90 Å². The molecule has 1 aromatic heterocycles. The number of ether oxygens (including phenoxy) is 2. The summed E-state index contributed by atoms with van der Waals surface area (Å²) in [6.07, 6.45) is 1.56. The second-order valence-corrected chi connectivity index (χ2v) is 8.30. The maximum atomic E-state index is 12.2. The van der Waals surface area contributed by atoms with Gasteiger partial charge in [0.05, 0.1) is 19.3 Å². The highest BCUT2D eigenvalue weighted by atomic mass is 16.5. The average Bonchev–Trinajstić information content (AvgIpc) is 3.21. The number of aromatic nitrogens is 1. The summed E-state index contributed by atoms with van der Waals surface area (Å²) < 4.78 is 13.0. The number of rotatable bonds is 9. The van der Waals surface area contributed by atoms with Crippen molar-refractivity contribution in [3.63, 3.8) is 0 Å². The number of aliphatic hydroxyl groups excluding tert-OH is 1. The van der Waals surface area contributed by atoms with Gasteiger partial charge in [0.2, 0.25) is 0 Å². The summed E-state index contributed by atoms with van der Waals surface area (Å²) in [7, 11) is 2.00. The quantitative estimate of drug-likeness (QED) is 0.557. The van der Waals surface area contributed by atoms with Gasteiger partial charge in [-0.2, -0.15) is 0 Å². The third-order valence-corrected chi connectivity index (χ3v) is 5.71. The van der Waals surface area contributed by atoms with Crippen LogP contribution in [0, 0.1) is 0 Å². The van der Waals surface area contributed by atoms with Crippen molar-refractivity contribution in [3.8, 4) is 5.75 Å². The van der Waals surface area contributed by atoms with Gasteiger partial charge in [-0.15, -0.1) is 0 Å². The van der Waals surface area contributed by atoms with Crippen LogP contribution in [0.15, 0.2) is 60.8 Å². The molecule has 1 fully saturated rings. The second-order valence-electron chi connectivity index (χ2n) is 8.30. The molecule has 3 aromatic rings. The van der Waals surface area contributed by atoms with E-state index in [0.29, 0.717) is 45.1 Å². The van der Waals surface area contributed by atoms with Gasteiger partial charge < -0.3 is 24.0 Å². The van der Waals surface area contributed by atoms with Gasteiger partial charge in [-0.25, -0.2) is 0 Å². The lowest BCUT2D eigenvalue weighted by molar-refractivity contribution is -0.137. The Balaban J connectivity index is 1.22. The molecule has 2 heterocycles. The number of morpholine rings is 1. The lowest BCUT2D eigenvalue weighted by atomic mass is 10.2. The first-order chi connectivity index (χ1) is 15.6. The van der Waals surface area contributed by atoms with E-state index in [2.05, 4.69) is 27.7 Å². The van der Waals surface area contributed by atoms with Crippen LogP contribution >= 0.6 is 0 Å². The third kappa shape index (κ3) is 5.88. The molecule has 0 bridgehead atoms. The van der Waals surface area contributed by atoms with Crippen LogP contribution in [-0.2, 0) is 22.6 Å². The molecule has 170 valence electrons. The van der Waals surface area contributed by atoms with Crippen LogP contribution in [0.1, 0.15) is 5.56 Å². The van der Waals surface area contributed by atoms with Crippen LogP contribution in [0.25, 0.3) is 10.9 Å². The van der Waals surface area contributed by atoms with Gasteiger partial charge in [-0.05, 0) is 42.3 Å². The van der Waals surface area contributed by atoms with Crippen molar-refractivity contribution < 1.29 is 19.4 Å². The zero-order valence-electron chi connectivity index (χ0n) is 18.5. The third-order valence-electron chi connectivity index (χ3n) is 5.71. The Morgan fingerprint density at radius 1 is 1.12 bits per heavy atom. The SMILES string of the molecule is CN(Cc1ccc(OCC(=O)N2CCOCC2)cc1)CC(O)Cn1ccc2ccccc21. The maximum absolute atomic E-state index is 12.2. The minimum atomic E-state index is -0.468. The summed E-state index contributed by atoms with van der Waals surface area (Å²) in [5.41, 5.74) is 2.26. The van der Waals surface area contributed by atoms with Crippen molar-refractivity contribution in [2.45, 2.75) is 19.2 Å². The van der Waals surface area contributed by atoms with Gasteiger partial charge in [0.25, 0.3) is 5.91 Å². The molecule has 1 saturated heterocycles. The molecule has 1 amide bonds. The topological polar surface area (TPSA) is 67.2 Å². The molecule has 1 N–H and O–H groups in total. The average molecular weight is 438 g/mol.